The van der Waals surface area contributed by atoms with Crippen molar-refractivity contribution in [2.75, 3.05) is 7.11 Å². The quantitative estimate of drug-likeness (QED) is 0.575. The molecule has 0 aromatic rings. The van der Waals surface area contributed by atoms with Crippen LogP contribution in [0.5, 0.6) is 0 Å². The van der Waals surface area contributed by atoms with Crippen molar-refractivity contribution in [1.82, 2.24) is 0 Å². The predicted octanol–water partition coefficient (Wildman–Crippen LogP) is -0.518. The van der Waals surface area contributed by atoms with Gasteiger partial charge < -0.3 is 27.0 Å². The highest BCUT2D eigenvalue weighted by Gasteiger charge is 2.49. The minimum Gasteiger partial charge on any atom is -0.411 e. The molecule has 0 rings (SSSR count). The highest BCUT2D eigenvalue weighted by Crippen LogP contribution is 2.15. The van der Waals surface area contributed by atoms with Crippen molar-refractivity contribution in [2.24, 2.45) is 0 Å². The molecule has 0 spiro atoms. The van der Waals surface area contributed by atoms with Gasteiger partial charge in [0.15, 0.2) is 0 Å². The topological polar surface area (TPSA) is 88.4 Å². The maximum Gasteiger partial charge on any atom is 0.658 e. The van der Waals surface area contributed by atoms with Crippen LogP contribution in [-0.2, 0) is 12.7 Å². The Balaban J connectivity index is 4.49. The summed E-state index contributed by atoms with van der Waals surface area (Å²) >= 11 is 0. The smallest absolute Gasteiger partial charge is 0.411 e. The van der Waals surface area contributed by atoms with Crippen LogP contribution in [0.1, 0.15) is 0 Å². The summed E-state index contributed by atoms with van der Waals surface area (Å²) in [4.78, 5) is 28.6. The number of hydrogen-bond acceptors (Lipinski definition) is 6. The summed E-state index contributed by atoms with van der Waals surface area (Å²) in [5.74, 6) is 0. The Morgan fingerprint density at radius 3 is 1.21 bits per heavy atom. The molecule has 0 atom stereocenters. The maximum absolute atomic E-state index is 9.71. The molecule has 0 amide bonds. The van der Waals surface area contributed by atoms with Crippen molar-refractivity contribution < 1.29 is 27.0 Å². The zero-order chi connectivity index (χ0) is 11.6. The number of hydrogen-bond donors (Lipinski definition) is 3. The van der Waals surface area contributed by atoms with Gasteiger partial charge in [0.05, 0.1) is 0 Å². The Kier molecular flexibility index (Phi) is 4.64. The van der Waals surface area contributed by atoms with Crippen molar-refractivity contribution in [2.45, 2.75) is 26.2 Å². The minimum atomic E-state index is -3.87. The van der Waals surface area contributed by atoms with Crippen LogP contribution in [0.15, 0.2) is 0 Å². The monoisotopic (exact) mass is 258 g/mol. The first-order chi connectivity index (χ1) is 5.97. The molecule has 0 saturated carbocycles. The Bertz CT molecular complexity index is 169. The average molecular weight is 258 g/mol. The molecule has 0 aromatic carbocycles. The van der Waals surface area contributed by atoms with Gasteiger partial charge in [0.1, 0.15) is 0 Å². The van der Waals surface area contributed by atoms with E-state index < -0.39 is 26.2 Å². The lowest BCUT2D eigenvalue weighted by Gasteiger charge is -2.30. The average Bonchev–Trinajstić information content (AvgIpc) is 1.78. The first kappa shape index (κ1) is 14.4. The van der Waals surface area contributed by atoms with Crippen molar-refractivity contribution in [3.8, 4) is 0 Å². The fourth-order valence-electron chi connectivity index (χ4n) is 0.735. The lowest BCUT2D eigenvalue weighted by Crippen LogP contribution is -2.58. The van der Waals surface area contributed by atoms with E-state index in [4.69, 9.17) is 8.23 Å². The van der Waals surface area contributed by atoms with Gasteiger partial charge >= 0.3 is 26.2 Å². The second-order valence-corrected chi connectivity index (χ2v) is 12.7. The van der Waals surface area contributed by atoms with E-state index in [9.17, 15) is 14.4 Å². The second-order valence-electron chi connectivity index (χ2n) is 3.83. The molecule has 0 aliphatic rings. The van der Waals surface area contributed by atoms with Crippen LogP contribution in [0, 0.1) is 0 Å². The van der Waals surface area contributed by atoms with Crippen LogP contribution in [0.4, 0.5) is 0 Å². The first-order valence-corrected chi connectivity index (χ1v) is 11.5. The third kappa shape index (κ3) is 6.80. The zero-order valence-electron chi connectivity index (χ0n) is 9.07. The van der Waals surface area contributed by atoms with Crippen LogP contribution in [-0.4, -0.2) is 47.7 Å². The fraction of sp³-hybridized carbons (Fsp3) is 1.00. The van der Waals surface area contributed by atoms with Crippen LogP contribution in [0.2, 0.25) is 26.2 Å². The van der Waals surface area contributed by atoms with Crippen molar-refractivity contribution in [1.29, 1.82) is 0 Å². The minimum absolute atomic E-state index is 1.21. The summed E-state index contributed by atoms with van der Waals surface area (Å²) in [7, 11) is -8.54. The van der Waals surface area contributed by atoms with E-state index in [1.165, 1.54) is 33.3 Å². The molecule has 0 unspecified atom stereocenters. The van der Waals surface area contributed by atoms with Gasteiger partial charge in [0.2, 0.25) is 0 Å². The summed E-state index contributed by atoms with van der Waals surface area (Å²) in [6.07, 6.45) is 0. The van der Waals surface area contributed by atoms with E-state index >= 15 is 0 Å². The standard InChI is InChI=1S/C5H18O6Si3/c1-9-14(8,10-12(2,3)6)11-13(4,5)7/h6-8H,1-5H3. The van der Waals surface area contributed by atoms with Crippen molar-refractivity contribution >= 4 is 26.2 Å². The van der Waals surface area contributed by atoms with E-state index in [-0.39, 0.29) is 0 Å². The first-order valence-electron chi connectivity index (χ1n) is 4.10. The second kappa shape index (κ2) is 4.51. The van der Waals surface area contributed by atoms with Crippen LogP contribution < -0.4 is 0 Å². The lowest BCUT2D eigenvalue weighted by atomic mass is 11.8. The molecule has 0 aliphatic heterocycles. The molecule has 0 radical (unpaired) electrons. The largest absolute Gasteiger partial charge is 0.658 e. The molecule has 0 aromatic heterocycles. The third-order valence-electron chi connectivity index (χ3n) is 1.02. The Morgan fingerprint density at radius 2 is 1.07 bits per heavy atom. The van der Waals surface area contributed by atoms with E-state index in [2.05, 4.69) is 4.43 Å². The summed E-state index contributed by atoms with van der Waals surface area (Å²) < 4.78 is 14.6. The van der Waals surface area contributed by atoms with Gasteiger partial charge in [0.25, 0.3) is 0 Å². The van der Waals surface area contributed by atoms with Gasteiger partial charge in [0, 0.05) is 7.11 Å². The maximum atomic E-state index is 9.71. The highest BCUT2D eigenvalue weighted by molar-refractivity contribution is 6.78. The Hall–Kier alpha value is 0.411. The molecule has 0 fully saturated rings. The lowest BCUT2D eigenvalue weighted by molar-refractivity contribution is 0.0814. The van der Waals surface area contributed by atoms with Gasteiger partial charge in [-0.3, -0.25) is 0 Å². The molecule has 14 heavy (non-hydrogen) atoms. The van der Waals surface area contributed by atoms with Crippen LogP contribution >= 0.6 is 0 Å². The summed E-state index contributed by atoms with van der Waals surface area (Å²) in [5.41, 5.74) is 0. The Morgan fingerprint density at radius 1 is 0.786 bits per heavy atom. The molecule has 86 valence electrons. The van der Waals surface area contributed by atoms with Crippen molar-refractivity contribution in [3.05, 3.63) is 0 Å². The van der Waals surface area contributed by atoms with E-state index in [1.807, 2.05) is 0 Å². The summed E-state index contributed by atoms with van der Waals surface area (Å²) in [6, 6.07) is 0. The molecule has 0 aliphatic carbocycles. The molecular weight excluding hydrogens is 240 g/mol. The molecule has 9 heteroatoms. The van der Waals surface area contributed by atoms with Gasteiger partial charge in [-0.1, -0.05) is 0 Å². The molecule has 0 heterocycles. The highest BCUT2D eigenvalue weighted by atomic mass is 28.5. The summed E-state index contributed by atoms with van der Waals surface area (Å²) in [5, 5.41) is 0. The zero-order valence-corrected chi connectivity index (χ0v) is 12.1. The molecule has 0 bridgehead atoms. The van der Waals surface area contributed by atoms with Crippen LogP contribution in [0.25, 0.3) is 0 Å². The molecular formula is C5H18O6Si3. The van der Waals surface area contributed by atoms with Gasteiger partial charge in [-0.15, -0.1) is 0 Å². The predicted molar refractivity (Wildman–Crippen MR) is 56.6 cm³/mol. The van der Waals surface area contributed by atoms with E-state index in [0.717, 1.165) is 0 Å². The normalized spacial score (nSPS) is 14.6. The van der Waals surface area contributed by atoms with Gasteiger partial charge in [-0.2, -0.15) is 0 Å². The molecule has 0 saturated heterocycles. The van der Waals surface area contributed by atoms with Gasteiger partial charge in [-0.25, -0.2) is 0 Å². The summed E-state index contributed by atoms with van der Waals surface area (Å²) in [6.45, 7) is 5.89. The van der Waals surface area contributed by atoms with Gasteiger partial charge in [-0.05, 0) is 26.2 Å². The third-order valence-corrected chi connectivity index (χ3v) is 7.59. The van der Waals surface area contributed by atoms with E-state index in [0.29, 0.717) is 0 Å². The van der Waals surface area contributed by atoms with Crippen molar-refractivity contribution in [3.63, 3.8) is 0 Å². The van der Waals surface area contributed by atoms with Crippen LogP contribution in [0.3, 0.4) is 0 Å². The molecule has 3 N–H and O–H groups in total. The Labute approximate surface area is 87.1 Å². The fourth-order valence-corrected chi connectivity index (χ4v) is 6.99. The SMILES string of the molecule is CO[Si](O)(O[Si](C)(C)O)O[Si](C)(C)O. The number of rotatable bonds is 5. The van der Waals surface area contributed by atoms with E-state index in [1.54, 1.807) is 0 Å². The molecule has 6 nitrogen and oxygen atoms in total.